The van der Waals surface area contributed by atoms with Crippen LogP contribution in [0.2, 0.25) is 0 Å². The summed E-state index contributed by atoms with van der Waals surface area (Å²) in [5.41, 5.74) is 8.45. The lowest BCUT2D eigenvalue weighted by atomic mass is 10.1. The molecule has 2 aromatic rings. The lowest BCUT2D eigenvalue weighted by molar-refractivity contribution is 0.0992. The molecule has 0 radical (unpaired) electrons. The zero-order valence-electron chi connectivity index (χ0n) is 10.9. The van der Waals surface area contributed by atoms with Crippen LogP contribution in [0, 0.1) is 6.92 Å². The minimum atomic E-state index is -0.129. The molecule has 0 unspecified atom stereocenters. The molecule has 0 aliphatic carbocycles. The zero-order chi connectivity index (χ0) is 14.0. The molecule has 98 valence electrons. The van der Waals surface area contributed by atoms with Crippen LogP contribution >= 0.6 is 0 Å². The SMILES string of the molecule is Cc1ccc(N)cc1C(=O)N(C)c1ccc(O)cc1. The molecule has 4 nitrogen and oxygen atoms in total. The molecule has 0 heterocycles. The number of carbonyl (C=O) groups excluding carboxylic acids is 1. The van der Waals surface area contributed by atoms with E-state index in [1.54, 1.807) is 43.4 Å². The Morgan fingerprint density at radius 1 is 1.16 bits per heavy atom. The van der Waals surface area contributed by atoms with Gasteiger partial charge in [-0.15, -0.1) is 0 Å². The summed E-state index contributed by atoms with van der Waals surface area (Å²) in [5.74, 6) is 0.0419. The first-order valence-corrected chi connectivity index (χ1v) is 5.92. The summed E-state index contributed by atoms with van der Waals surface area (Å²) >= 11 is 0. The topological polar surface area (TPSA) is 66.6 Å². The Morgan fingerprint density at radius 2 is 1.79 bits per heavy atom. The molecule has 3 N–H and O–H groups in total. The van der Waals surface area contributed by atoms with Gasteiger partial charge in [0.05, 0.1) is 0 Å². The van der Waals surface area contributed by atoms with Crippen molar-refractivity contribution in [2.45, 2.75) is 6.92 Å². The van der Waals surface area contributed by atoms with E-state index in [1.165, 1.54) is 4.90 Å². The van der Waals surface area contributed by atoms with Crippen molar-refractivity contribution in [3.63, 3.8) is 0 Å². The molecule has 4 heteroatoms. The fraction of sp³-hybridized carbons (Fsp3) is 0.133. The van der Waals surface area contributed by atoms with Gasteiger partial charge in [-0.25, -0.2) is 0 Å². The molecule has 2 rings (SSSR count). The highest BCUT2D eigenvalue weighted by atomic mass is 16.3. The van der Waals surface area contributed by atoms with Gasteiger partial charge in [0.25, 0.3) is 5.91 Å². The van der Waals surface area contributed by atoms with Crippen LogP contribution in [0.1, 0.15) is 15.9 Å². The van der Waals surface area contributed by atoms with Crippen LogP contribution in [0.25, 0.3) is 0 Å². The lowest BCUT2D eigenvalue weighted by Gasteiger charge is -2.18. The Morgan fingerprint density at radius 3 is 2.42 bits per heavy atom. The first-order valence-electron chi connectivity index (χ1n) is 5.92. The summed E-state index contributed by atoms with van der Waals surface area (Å²) in [6.45, 7) is 1.87. The van der Waals surface area contributed by atoms with E-state index in [0.29, 0.717) is 16.9 Å². The molecule has 0 aliphatic heterocycles. The maximum atomic E-state index is 12.4. The van der Waals surface area contributed by atoms with Crippen molar-refractivity contribution in [1.29, 1.82) is 0 Å². The average molecular weight is 256 g/mol. The second kappa shape index (κ2) is 5.02. The van der Waals surface area contributed by atoms with Crippen LogP contribution in [0.15, 0.2) is 42.5 Å². The highest BCUT2D eigenvalue weighted by molar-refractivity contribution is 6.07. The Balaban J connectivity index is 2.33. The molecule has 0 saturated heterocycles. The number of rotatable bonds is 2. The van der Waals surface area contributed by atoms with Gasteiger partial charge in [0.1, 0.15) is 5.75 Å². The number of amides is 1. The number of hydrogen-bond acceptors (Lipinski definition) is 3. The van der Waals surface area contributed by atoms with Gasteiger partial charge in [-0.1, -0.05) is 6.07 Å². The summed E-state index contributed by atoms with van der Waals surface area (Å²) in [4.78, 5) is 13.9. The molecule has 0 aliphatic rings. The number of benzene rings is 2. The summed E-state index contributed by atoms with van der Waals surface area (Å²) in [5, 5.41) is 9.25. The molecule has 1 amide bonds. The van der Waals surface area contributed by atoms with Gasteiger partial charge in [-0.05, 0) is 48.9 Å². The molecule has 0 atom stereocenters. The van der Waals surface area contributed by atoms with Crippen LogP contribution in [-0.2, 0) is 0 Å². The van der Waals surface area contributed by atoms with Crippen molar-refractivity contribution < 1.29 is 9.90 Å². The number of anilines is 2. The van der Waals surface area contributed by atoms with Gasteiger partial charge in [0, 0.05) is 24.0 Å². The molecule has 0 fully saturated rings. The largest absolute Gasteiger partial charge is 0.508 e. The fourth-order valence-corrected chi connectivity index (χ4v) is 1.84. The van der Waals surface area contributed by atoms with Crippen LogP contribution < -0.4 is 10.6 Å². The number of aromatic hydroxyl groups is 1. The predicted molar refractivity (Wildman–Crippen MR) is 76.4 cm³/mol. The third kappa shape index (κ3) is 2.68. The number of carbonyl (C=O) groups is 1. The third-order valence-corrected chi connectivity index (χ3v) is 3.03. The van der Waals surface area contributed by atoms with Crippen LogP contribution in [0.3, 0.4) is 0 Å². The number of nitrogens with zero attached hydrogens (tertiary/aromatic N) is 1. The lowest BCUT2D eigenvalue weighted by Crippen LogP contribution is -2.26. The Kier molecular flexibility index (Phi) is 3.42. The molecule has 19 heavy (non-hydrogen) atoms. The predicted octanol–water partition coefficient (Wildman–Crippen LogP) is 2.56. The van der Waals surface area contributed by atoms with Crippen LogP contribution in [0.4, 0.5) is 11.4 Å². The summed E-state index contributed by atoms with van der Waals surface area (Å²) < 4.78 is 0. The Bertz CT molecular complexity index is 606. The highest BCUT2D eigenvalue weighted by Crippen LogP contribution is 2.21. The van der Waals surface area contributed by atoms with E-state index in [2.05, 4.69) is 0 Å². The van der Waals surface area contributed by atoms with Crippen molar-refractivity contribution in [1.82, 2.24) is 0 Å². The van der Waals surface area contributed by atoms with Crippen molar-refractivity contribution >= 4 is 17.3 Å². The van der Waals surface area contributed by atoms with E-state index in [4.69, 9.17) is 5.73 Å². The molecule has 0 spiro atoms. The molecule has 0 bridgehead atoms. The summed E-state index contributed by atoms with van der Waals surface area (Å²) in [7, 11) is 1.69. The summed E-state index contributed by atoms with van der Waals surface area (Å²) in [6.07, 6.45) is 0. The number of nitrogens with two attached hydrogens (primary N) is 1. The van der Waals surface area contributed by atoms with E-state index >= 15 is 0 Å². The molecule has 2 aromatic carbocycles. The fourth-order valence-electron chi connectivity index (χ4n) is 1.84. The standard InChI is InChI=1S/C15H16N2O2/c1-10-3-4-11(16)9-14(10)15(19)17(2)12-5-7-13(18)8-6-12/h3-9,18H,16H2,1-2H3. The smallest absolute Gasteiger partial charge is 0.258 e. The van der Waals surface area contributed by atoms with Crippen molar-refractivity contribution in [2.24, 2.45) is 0 Å². The number of phenols is 1. The quantitative estimate of drug-likeness (QED) is 0.811. The number of aryl methyl sites for hydroxylation is 1. The van der Waals surface area contributed by atoms with Gasteiger partial charge < -0.3 is 15.7 Å². The van der Waals surface area contributed by atoms with Gasteiger partial charge in [0.2, 0.25) is 0 Å². The number of phenolic OH excluding ortho intramolecular Hbond substituents is 1. The van der Waals surface area contributed by atoms with Crippen molar-refractivity contribution in [3.8, 4) is 5.75 Å². The Labute approximate surface area is 112 Å². The van der Waals surface area contributed by atoms with E-state index in [-0.39, 0.29) is 11.7 Å². The first-order chi connectivity index (χ1) is 8.99. The summed E-state index contributed by atoms with van der Waals surface area (Å²) in [6, 6.07) is 11.7. The van der Waals surface area contributed by atoms with Crippen LogP contribution in [-0.4, -0.2) is 18.1 Å². The molecule has 0 aromatic heterocycles. The Hall–Kier alpha value is -2.49. The third-order valence-electron chi connectivity index (χ3n) is 3.03. The minimum Gasteiger partial charge on any atom is -0.508 e. The van der Waals surface area contributed by atoms with E-state index in [1.807, 2.05) is 13.0 Å². The van der Waals surface area contributed by atoms with E-state index in [9.17, 15) is 9.90 Å². The van der Waals surface area contributed by atoms with Gasteiger partial charge in [-0.2, -0.15) is 0 Å². The van der Waals surface area contributed by atoms with E-state index in [0.717, 1.165) is 5.56 Å². The zero-order valence-corrected chi connectivity index (χ0v) is 10.9. The monoisotopic (exact) mass is 256 g/mol. The van der Waals surface area contributed by atoms with Gasteiger partial charge in [-0.3, -0.25) is 4.79 Å². The second-order valence-corrected chi connectivity index (χ2v) is 4.45. The normalized spacial score (nSPS) is 10.2. The minimum absolute atomic E-state index is 0.129. The molecular formula is C15H16N2O2. The number of hydrogen-bond donors (Lipinski definition) is 2. The second-order valence-electron chi connectivity index (χ2n) is 4.45. The van der Waals surface area contributed by atoms with Crippen molar-refractivity contribution in [2.75, 3.05) is 17.7 Å². The first kappa shape index (κ1) is 13.0. The maximum absolute atomic E-state index is 12.4. The highest BCUT2D eigenvalue weighted by Gasteiger charge is 2.15. The van der Waals surface area contributed by atoms with Gasteiger partial charge >= 0.3 is 0 Å². The average Bonchev–Trinajstić information content (AvgIpc) is 2.41. The maximum Gasteiger partial charge on any atom is 0.258 e. The van der Waals surface area contributed by atoms with Crippen molar-refractivity contribution in [3.05, 3.63) is 53.6 Å². The van der Waals surface area contributed by atoms with E-state index < -0.39 is 0 Å². The molecular weight excluding hydrogens is 240 g/mol. The van der Waals surface area contributed by atoms with Gasteiger partial charge in [0.15, 0.2) is 0 Å². The molecule has 0 saturated carbocycles. The van der Waals surface area contributed by atoms with Crippen LogP contribution in [0.5, 0.6) is 5.75 Å². The number of nitrogen functional groups attached to an aromatic ring is 1.